The van der Waals surface area contributed by atoms with Crippen molar-refractivity contribution in [3.8, 4) is 5.69 Å². The molecule has 1 aliphatic rings. The van der Waals surface area contributed by atoms with Crippen LogP contribution in [0.15, 0.2) is 77.5 Å². The third kappa shape index (κ3) is 3.59. The summed E-state index contributed by atoms with van der Waals surface area (Å²) in [6, 6.07) is 19.8. The molecule has 5 rings (SSSR count). The Morgan fingerprint density at radius 3 is 2.62 bits per heavy atom. The predicted octanol–water partition coefficient (Wildman–Crippen LogP) is 5.91. The third-order valence-corrected chi connectivity index (χ3v) is 6.66. The van der Waals surface area contributed by atoms with E-state index in [2.05, 4.69) is 39.7 Å². The molecule has 0 saturated carbocycles. The van der Waals surface area contributed by atoms with Gasteiger partial charge >= 0.3 is 0 Å². The number of halogens is 1. The Bertz CT molecular complexity index is 1250. The zero-order valence-corrected chi connectivity index (χ0v) is 19.4. The first kappa shape index (κ1) is 20.8. The number of benzene rings is 1. The number of thiocarbonyl (C=S) groups is 1. The summed E-state index contributed by atoms with van der Waals surface area (Å²) in [4.78, 5) is 6.82. The van der Waals surface area contributed by atoms with Gasteiger partial charge in [0.05, 0.1) is 41.3 Å². The van der Waals surface area contributed by atoms with Crippen molar-refractivity contribution in [3.63, 3.8) is 0 Å². The van der Waals surface area contributed by atoms with E-state index in [1.807, 2.05) is 60.8 Å². The van der Waals surface area contributed by atoms with Crippen LogP contribution in [0.3, 0.4) is 0 Å². The van der Waals surface area contributed by atoms with Crippen molar-refractivity contribution >= 4 is 28.9 Å². The fourth-order valence-electron chi connectivity index (χ4n) is 4.58. The van der Waals surface area contributed by atoms with Crippen molar-refractivity contribution in [2.24, 2.45) is 0 Å². The summed E-state index contributed by atoms with van der Waals surface area (Å²) in [7, 11) is 0. The van der Waals surface area contributed by atoms with Crippen LogP contribution < -0.4 is 5.32 Å². The predicted molar refractivity (Wildman–Crippen MR) is 130 cm³/mol. The topological polar surface area (TPSA) is 46.2 Å². The Hall–Kier alpha value is -3.09. The van der Waals surface area contributed by atoms with E-state index in [4.69, 9.17) is 28.2 Å². The van der Waals surface area contributed by atoms with Crippen LogP contribution in [0.2, 0.25) is 5.02 Å². The van der Waals surface area contributed by atoms with Crippen LogP contribution in [0.25, 0.3) is 5.69 Å². The van der Waals surface area contributed by atoms with Gasteiger partial charge in [-0.1, -0.05) is 29.8 Å². The second kappa shape index (κ2) is 8.45. The molecular formula is C25H23ClN4OS. The molecule has 1 saturated heterocycles. The monoisotopic (exact) mass is 462 g/mol. The van der Waals surface area contributed by atoms with E-state index in [0.717, 1.165) is 33.6 Å². The summed E-state index contributed by atoms with van der Waals surface area (Å²) in [5.41, 5.74) is 5.33. The Kier molecular flexibility index (Phi) is 5.49. The number of aromatic nitrogens is 2. The van der Waals surface area contributed by atoms with Gasteiger partial charge in [-0.2, -0.15) is 0 Å². The number of furan rings is 1. The average Bonchev–Trinajstić information content (AvgIpc) is 3.49. The van der Waals surface area contributed by atoms with Gasteiger partial charge in [-0.3, -0.25) is 4.98 Å². The number of nitrogens with zero attached hydrogens (tertiary/aromatic N) is 3. The van der Waals surface area contributed by atoms with Gasteiger partial charge in [0.25, 0.3) is 0 Å². The molecule has 0 amide bonds. The first-order valence-corrected chi connectivity index (χ1v) is 11.3. The SMILES string of the molecule is Cc1cc([C@@H]2[C@@H](c3ccccn3)NC(=S)N2Cc2ccco2)c(C)n1-c1ccccc1Cl. The molecule has 32 heavy (non-hydrogen) atoms. The number of aryl methyl sites for hydroxylation is 1. The minimum absolute atomic E-state index is 0.0510. The highest BCUT2D eigenvalue weighted by Crippen LogP contribution is 2.42. The van der Waals surface area contributed by atoms with Crippen molar-refractivity contribution in [1.29, 1.82) is 0 Å². The van der Waals surface area contributed by atoms with Crippen molar-refractivity contribution in [3.05, 3.63) is 107 Å². The van der Waals surface area contributed by atoms with Crippen molar-refractivity contribution in [2.45, 2.75) is 32.5 Å². The zero-order chi connectivity index (χ0) is 22.2. The van der Waals surface area contributed by atoms with E-state index < -0.39 is 0 Å². The van der Waals surface area contributed by atoms with Gasteiger partial charge in [-0.05, 0) is 74.1 Å². The highest BCUT2D eigenvalue weighted by atomic mass is 35.5. The molecule has 0 aliphatic carbocycles. The van der Waals surface area contributed by atoms with E-state index >= 15 is 0 Å². The van der Waals surface area contributed by atoms with Crippen LogP contribution in [0.5, 0.6) is 0 Å². The number of rotatable bonds is 5. The lowest BCUT2D eigenvalue weighted by Gasteiger charge is -2.27. The Morgan fingerprint density at radius 1 is 1.09 bits per heavy atom. The van der Waals surface area contributed by atoms with Crippen LogP contribution in [0, 0.1) is 13.8 Å². The highest BCUT2D eigenvalue weighted by molar-refractivity contribution is 7.80. The Balaban J connectivity index is 1.64. The van der Waals surface area contributed by atoms with Crippen LogP contribution in [0.4, 0.5) is 0 Å². The first-order chi connectivity index (χ1) is 15.5. The molecule has 162 valence electrons. The Morgan fingerprint density at radius 2 is 1.91 bits per heavy atom. The second-order valence-electron chi connectivity index (χ2n) is 7.95. The van der Waals surface area contributed by atoms with Crippen molar-refractivity contribution < 1.29 is 4.42 Å². The smallest absolute Gasteiger partial charge is 0.170 e. The Labute approximate surface area is 197 Å². The minimum atomic E-state index is -0.0844. The van der Waals surface area contributed by atoms with Crippen LogP contribution in [-0.4, -0.2) is 19.6 Å². The summed E-state index contributed by atoms with van der Waals surface area (Å²) >= 11 is 12.3. The van der Waals surface area contributed by atoms with Crippen molar-refractivity contribution in [1.82, 2.24) is 19.8 Å². The largest absolute Gasteiger partial charge is 0.467 e. The maximum Gasteiger partial charge on any atom is 0.170 e. The molecule has 0 spiro atoms. The molecular weight excluding hydrogens is 440 g/mol. The van der Waals surface area contributed by atoms with Gasteiger partial charge in [0.1, 0.15) is 5.76 Å². The molecule has 0 bridgehead atoms. The summed E-state index contributed by atoms with van der Waals surface area (Å²) in [6.07, 6.45) is 3.51. The maximum absolute atomic E-state index is 6.56. The standard InChI is InChI=1S/C25H23ClN4OS/c1-16-14-19(17(2)30(16)22-11-4-3-9-20(22)26)24-23(21-10-5-6-12-27-21)28-25(32)29(24)15-18-8-7-13-31-18/h3-14,23-24H,15H2,1-2H3,(H,28,32)/t23-,24-/m1/s1. The van der Waals surface area contributed by atoms with Crippen LogP contribution in [0.1, 0.15) is 40.5 Å². The number of hydrogen-bond donors (Lipinski definition) is 1. The summed E-state index contributed by atoms with van der Waals surface area (Å²) in [6.45, 7) is 4.81. The van der Waals surface area contributed by atoms with E-state index in [9.17, 15) is 0 Å². The molecule has 5 nitrogen and oxygen atoms in total. The zero-order valence-electron chi connectivity index (χ0n) is 17.8. The highest BCUT2D eigenvalue weighted by Gasteiger charge is 2.41. The molecule has 4 heterocycles. The first-order valence-electron chi connectivity index (χ1n) is 10.5. The molecule has 1 aliphatic heterocycles. The number of para-hydroxylation sites is 1. The quantitative estimate of drug-likeness (QED) is 0.373. The van der Waals surface area contributed by atoms with E-state index in [-0.39, 0.29) is 12.1 Å². The van der Waals surface area contributed by atoms with Gasteiger partial charge in [0.2, 0.25) is 0 Å². The normalized spacial score (nSPS) is 18.2. The molecule has 1 N–H and O–H groups in total. The molecule has 1 fully saturated rings. The second-order valence-corrected chi connectivity index (χ2v) is 8.74. The van der Waals surface area contributed by atoms with Crippen molar-refractivity contribution in [2.75, 3.05) is 0 Å². The van der Waals surface area contributed by atoms with E-state index in [0.29, 0.717) is 11.7 Å². The molecule has 0 radical (unpaired) electrons. The fourth-order valence-corrected chi connectivity index (χ4v) is 5.10. The van der Waals surface area contributed by atoms with Gasteiger partial charge in [0.15, 0.2) is 5.11 Å². The van der Waals surface area contributed by atoms with Crippen LogP contribution >= 0.6 is 23.8 Å². The molecule has 4 aromatic rings. The van der Waals surface area contributed by atoms with E-state index in [1.54, 1.807) is 6.26 Å². The lowest BCUT2D eigenvalue weighted by atomic mass is 9.96. The van der Waals surface area contributed by atoms with E-state index in [1.165, 1.54) is 5.56 Å². The average molecular weight is 463 g/mol. The van der Waals surface area contributed by atoms with Gasteiger partial charge in [-0.15, -0.1) is 0 Å². The van der Waals surface area contributed by atoms with Crippen LogP contribution in [-0.2, 0) is 6.54 Å². The lowest BCUT2D eigenvalue weighted by molar-refractivity contribution is 0.286. The summed E-state index contributed by atoms with van der Waals surface area (Å²) in [5, 5.41) is 4.91. The number of pyridine rings is 1. The molecule has 0 unspecified atom stereocenters. The number of hydrogen-bond acceptors (Lipinski definition) is 3. The van der Waals surface area contributed by atoms with Gasteiger partial charge < -0.3 is 19.2 Å². The molecule has 3 aromatic heterocycles. The van der Waals surface area contributed by atoms with Gasteiger partial charge in [-0.25, -0.2) is 0 Å². The lowest BCUT2D eigenvalue weighted by Crippen LogP contribution is -2.29. The third-order valence-electron chi connectivity index (χ3n) is 5.99. The minimum Gasteiger partial charge on any atom is -0.467 e. The molecule has 2 atom stereocenters. The molecule has 7 heteroatoms. The fraction of sp³-hybridized carbons (Fsp3) is 0.200. The molecule has 1 aromatic carbocycles. The summed E-state index contributed by atoms with van der Waals surface area (Å²) in [5.74, 6) is 0.862. The summed E-state index contributed by atoms with van der Waals surface area (Å²) < 4.78 is 7.85. The van der Waals surface area contributed by atoms with Gasteiger partial charge in [0, 0.05) is 17.6 Å². The number of nitrogens with one attached hydrogen (secondary N) is 1. The maximum atomic E-state index is 6.56.